The molecule has 0 spiro atoms. The van der Waals surface area contributed by atoms with Crippen molar-refractivity contribution in [1.29, 1.82) is 0 Å². The molecule has 2 rings (SSSR count). The Labute approximate surface area is 156 Å². The zero-order valence-electron chi connectivity index (χ0n) is 16.1. The normalized spacial score (nSPS) is 17.3. The minimum absolute atomic E-state index is 0.287. The average Bonchev–Trinajstić information content (AvgIpc) is 2.60. The number of rotatable bonds is 6. The summed E-state index contributed by atoms with van der Waals surface area (Å²) in [5, 5.41) is 3.51. The predicted molar refractivity (Wildman–Crippen MR) is 107 cm³/mol. The standard InChI is InChI=1S/C19H31N3O2S/c1-19(2)14-22(11-12-25-19)18(20-3)21-10-6-7-15-8-9-16(23-4)17(13-15)24-5/h8-9,13H,6-7,10-12,14H2,1-5H3,(H,20,21). The van der Waals surface area contributed by atoms with Crippen LogP contribution in [0.4, 0.5) is 0 Å². The van der Waals surface area contributed by atoms with Gasteiger partial charge in [0.05, 0.1) is 14.2 Å². The van der Waals surface area contributed by atoms with E-state index >= 15 is 0 Å². The molecule has 0 aliphatic carbocycles. The van der Waals surface area contributed by atoms with E-state index in [-0.39, 0.29) is 4.75 Å². The molecule has 140 valence electrons. The summed E-state index contributed by atoms with van der Waals surface area (Å²) in [5.41, 5.74) is 1.25. The van der Waals surface area contributed by atoms with Crippen molar-refractivity contribution >= 4 is 17.7 Å². The second kappa shape index (κ2) is 9.22. The maximum Gasteiger partial charge on any atom is 0.193 e. The number of thioether (sulfide) groups is 1. The second-order valence-electron chi connectivity index (χ2n) is 6.80. The fraction of sp³-hybridized carbons (Fsp3) is 0.632. The molecule has 25 heavy (non-hydrogen) atoms. The fourth-order valence-corrected chi connectivity index (χ4v) is 4.17. The van der Waals surface area contributed by atoms with Crippen molar-refractivity contribution in [2.45, 2.75) is 31.4 Å². The third-order valence-electron chi connectivity index (χ3n) is 4.31. The molecular formula is C19H31N3O2S. The van der Waals surface area contributed by atoms with Gasteiger partial charge in [-0.05, 0) is 44.4 Å². The molecule has 1 heterocycles. The van der Waals surface area contributed by atoms with Gasteiger partial charge in [-0.25, -0.2) is 0 Å². The van der Waals surface area contributed by atoms with Gasteiger partial charge in [0.15, 0.2) is 17.5 Å². The Kier molecular flexibility index (Phi) is 7.29. The Hall–Kier alpha value is -1.56. The van der Waals surface area contributed by atoms with Crippen LogP contribution in [-0.2, 0) is 6.42 Å². The molecule has 0 amide bonds. The Bertz CT molecular complexity index is 590. The van der Waals surface area contributed by atoms with E-state index in [1.807, 2.05) is 24.9 Å². The molecule has 1 fully saturated rings. The van der Waals surface area contributed by atoms with Crippen molar-refractivity contribution in [2.24, 2.45) is 4.99 Å². The number of hydrogen-bond acceptors (Lipinski definition) is 4. The van der Waals surface area contributed by atoms with Crippen LogP contribution in [0, 0.1) is 0 Å². The van der Waals surface area contributed by atoms with Gasteiger partial charge >= 0.3 is 0 Å². The van der Waals surface area contributed by atoms with E-state index in [1.54, 1.807) is 14.2 Å². The molecule has 1 aromatic rings. The van der Waals surface area contributed by atoms with Crippen LogP contribution >= 0.6 is 11.8 Å². The fourth-order valence-electron chi connectivity index (χ4n) is 3.06. The molecule has 1 aliphatic rings. The van der Waals surface area contributed by atoms with Crippen molar-refractivity contribution in [3.05, 3.63) is 23.8 Å². The minimum Gasteiger partial charge on any atom is -0.493 e. The zero-order valence-corrected chi connectivity index (χ0v) is 16.9. The lowest BCUT2D eigenvalue weighted by molar-refractivity contribution is 0.354. The van der Waals surface area contributed by atoms with Crippen molar-refractivity contribution in [3.63, 3.8) is 0 Å². The van der Waals surface area contributed by atoms with Crippen molar-refractivity contribution in [3.8, 4) is 11.5 Å². The highest BCUT2D eigenvalue weighted by Gasteiger charge is 2.28. The van der Waals surface area contributed by atoms with Crippen molar-refractivity contribution in [1.82, 2.24) is 10.2 Å². The molecule has 0 bridgehead atoms. The van der Waals surface area contributed by atoms with E-state index in [9.17, 15) is 0 Å². The maximum absolute atomic E-state index is 5.37. The third kappa shape index (κ3) is 5.73. The minimum atomic E-state index is 0.287. The van der Waals surface area contributed by atoms with E-state index in [0.29, 0.717) is 0 Å². The van der Waals surface area contributed by atoms with Gasteiger partial charge in [-0.15, -0.1) is 0 Å². The molecular weight excluding hydrogens is 334 g/mol. The molecule has 0 radical (unpaired) electrons. The molecule has 1 aliphatic heterocycles. The number of benzene rings is 1. The van der Waals surface area contributed by atoms with Crippen LogP contribution < -0.4 is 14.8 Å². The van der Waals surface area contributed by atoms with Gasteiger partial charge in [0.2, 0.25) is 0 Å². The molecule has 1 N–H and O–H groups in total. The number of aliphatic imine (C=N–C) groups is 1. The van der Waals surface area contributed by atoms with E-state index < -0.39 is 0 Å². The van der Waals surface area contributed by atoms with Crippen LogP contribution in [0.3, 0.4) is 0 Å². The topological polar surface area (TPSA) is 46.1 Å². The Morgan fingerprint density at radius 2 is 2.04 bits per heavy atom. The van der Waals surface area contributed by atoms with E-state index in [1.165, 1.54) is 5.56 Å². The third-order valence-corrected chi connectivity index (χ3v) is 5.61. The van der Waals surface area contributed by atoms with E-state index in [0.717, 1.165) is 55.7 Å². The second-order valence-corrected chi connectivity index (χ2v) is 8.60. The zero-order chi connectivity index (χ0) is 18.3. The molecule has 1 aromatic carbocycles. The number of nitrogens with one attached hydrogen (secondary N) is 1. The number of methoxy groups -OCH3 is 2. The van der Waals surface area contributed by atoms with Crippen LogP contribution in [0.5, 0.6) is 11.5 Å². The summed E-state index contributed by atoms with van der Waals surface area (Å²) in [7, 11) is 5.20. The molecule has 0 aromatic heterocycles. The summed E-state index contributed by atoms with van der Waals surface area (Å²) < 4.78 is 10.9. The molecule has 1 saturated heterocycles. The van der Waals surface area contributed by atoms with Gasteiger partial charge in [-0.3, -0.25) is 4.99 Å². The first-order valence-corrected chi connectivity index (χ1v) is 9.78. The quantitative estimate of drug-likeness (QED) is 0.477. The summed E-state index contributed by atoms with van der Waals surface area (Å²) in [6.45, 7) is 7.60. The molecule has 6 heteroatoms. The largest absolute Gasteiger partial charge is 0.493 e. The Morgan fingerprint density at radius 3 is 2.68 bits per heavy atom. The average molecular weight is 366 g/mol. The highest BCUT2D eigenvalue weighted by molar-refractivity contribution is 8.00. The van der Waals surface area contributed by atoms with Crippen LogP contribution in [0.15, 0.2) is 23.2 Å². The number of hydrogen-bond donors (Lipinski definition) is 1. The predicted octanol–water partition coefficient (Wildman–Crippen LogP) is 3.04. The van der Waals surface area contributed by atoms with Crippen LogP contribution in [0.1, 0.15) is 25.8 Å². The summed E-state index contributed by atoms with van der Waals surface area (Å²) in [4.78, 5) is 6.83. The van der Waals surface area contributed by atoms with Crippen LogP contribution in [0.2, 0.25) is 0 Å². The summed E-state index contributed by atoms with van der Waals surface area (Å²) >= 11 is 2.04. The lowest BCUT2D eigenvalue weighted by Gasteiger charge is -2.39. The van der Waals surface area contributed by atoms with Crippen molar-refractivity contribution in [2.75, 3.05) is 46.7 Å². The van der Waals surface area contributed by atoms with Gasteiger partial charge in [-0.2, -0.15) is 11.8 Å². The number of nitrogens with zero attached hydrogens (tertiary/aromatic N) is 2. The van der Waals surface area contributed by atoms with Gasteiger partial charge < -0.3 is 19.7 Å². The van der Waals surface area contributed by atoms with Gasteiger partial charge in [0.1, 0.15) is 0 Å². The SMILES string of the molecule is CN=C(NCCCc1ccc(OC)c(OC)c1)N1CCSC(C)(C)C1. The smallest absolute Gasteiger partial charge is 0.193 e. The molecule has 0 saturated carbocycles. The molecule has 0 unspecified atom stereocenters. The number of aryl methyl sites for hydroxylation is 1. The van der Waals surface area contributed by atoms with Crippen LogP contribution in [-0.4, -0.2) is 62.3 Å². The Morgan fingerprint density at radius 1 is 1.28 bits per heavy atom. The monoisotopic (exact) mass is 365 g/mol. The summed E-state index contributed by atoms with van der Waals surface area (Å²) in [5.74, 6) is 3.73. The lowest BCUT2D eigenvalue weighted by atomic mass is 10.1. The highest BCUT2D eigenvalue weighted by Crippen LogP contribution is 2.29. The van der Waals surface area contributed by atoms with Crippen molar-refractivity contribution < 1.29 is 9.47 Å². The highest BCUT2D eigenvalue weighted by atomic mass is 32.2. The summed E-state index contributed by atoms with van der Waals surface area (Å²) in [6.07, 6.45) is 2.03. The number of ether oxygens (including phenoxy) is 2. The van der Waals surface area contributed by atoms with E-state index in [4.69, 9.17) is 9.47 Å². The van der Waals surface area contributed by atoms with Gasteiger partial charge in [0, 0.05) is 37.2 Å². The first-order chi connectivity index (χ1) is 12.0. The first-order valence-electron chi connectivity index (χ1n) is 8.79. The van der Waals surface area contributed by atoms with Gasteiger partial charge in [0.25, 0.3) is 0 Å². The van der Waals surface area contributed by atoms with Crippen LogP contribution in [0.25, 0.3) is 0 Å². The van der Waals surface area contributed by atoms with Gasteiger partial charge in [-0.1, -0.05) is 6.07 Å². The maximum atomic E-state index is 5.37. The Balaban J connectivity index is 1.81. The molecule has 5 nitrogen and oxygen atoms in total. The number of guanidine groups is 1. The molecule has 0 atom stereocenters. The first kappa shape index (κ1) is 19.8. The van der Waals surface area contributed by atoms with E-state index in [2.05, 4.69) is 41.2 Å². The summed E-state index contributed by atoms with van der Waals surface area (Å²) in [6, 6.07) is 6.12. The lowest BCUT2D eigenvalue weighted by Crippen LogP contribution is -2.51.